The minimum Gasteiger partial charge on any atom is -0.149 e. The SMILES string of the molecule is CC(C)C1(C(C)C)CCCCCc2sccc21. The lowest BCUT2D eigenvalue weighted by molar-refractivity contribution is 0.191. The first kappa shape index (κ1) is 13.1. The van der Waals surface area contributed by atoms with E-state index in [0.29, 0.717) is 5.41 Å². The Balaban J connectivity index is 2.51. The van der Waals surface area contributed by atoms with Gasteiger partial charge in [0.15, 0.2) is 0 Å². The molecular formula is C16H26S. The van der Waals surface area contributed by atoms with Crippen molar-refractivity contribution in [2.24, 2.45) is 11.8 Å². The van der Waals surface area contributed by atoms with Crippen LogP contribution in [0, 0.1) is 11.8 Å². The first-order valence-electron chi connectivity index (χ1n) is 7.16. The molecule has 0 saturated carbocycles. The molecule has 0 aliphatic heterocycles. The molecule has 0 N–H and O–H groups in total. The van der Waals surface area contributed by atoms with E-state index in [1.54, 1.807) is 10.4 Å². The molecule has 1 heterocycles. The molecule has 0 spiro atoms. The lowest BCUT2D eigenvalue weighted by Gasteiger charge is -2.43. The lowest BCUT2D eigenvalue weighted by Crippen LogP contribution is -2.39. The van der Waals surface area contributed by atoms with Crippen LogP contribution in [0.5, 0.6) is 0 Å². The second kappa shape index (κ2) is 5.14. The van der Waals surface area contributed by atoms with Crippen LogP contribution in [0.3, 0.4) is 0 Å². The Labute approximate surface area is 110 Å². The fraction of sp³-hybridized carbons (Fsp3) is 0.750. The van der Waals surface area contributed by atoms with Gasteiger partial charge in [0, 0.05) is 10.3 Å². The highest BCUT2D eigenvalue weighted by molar-refractivity contribution is 7.10. The average Bonchev–Trinajstić information content (AvgIpc) is 2.65. The molecule has 0 fully saturated rings. The minimum absolute atomic E-state index is 0.426. The highest BCUT2D eigenvalue weighted by Gasteiger charge is 2.40. The Kier molecular flexibility index (Phi) is 3.97. The zero-order valence-corrected chi connectivity index (χ0v) is 12.6. The molecule has 0 nitrogen and oxygen atoms in total. The van der Waals surface area contributed by atoms with Gasteiger partial charge < -0.3 is 0 Å². The number of hydrogen-bond acceptors (Lipinski definition) is 1. The van der Waals surface area contributed by atoms with Crippen molar-refractivity contribution in [3.63, 3.8) is 0 Å². The molecule has 0 radical (unpaired) electrons. The molecule has 0 aromatic carbocycles. The van der Waals surface area contributed by atoms with Gasteiger partial charge in [0.05, 0.1) is 0 Å². The summed E-state index contributed by atoms with van der Waals surface area (Å²) < 4.78 is 0. The van der Waals surface area contributed by atoms with Crippen molar-refractivity contribution < 1.29 is 0 Å². The molecular weight excluding hydrogens is 224 g/mol. The third kappa shape index (κ3) is 2.19. The molecule has 1 heteroatoms. The predicted octanol–water partition coefficient (Wildman–Crippen LogP) is 5.41. The Morgan fingerprint density at radius 3 is 2.41 bits per heavy atom. The van der Waals surface area contributed by atoms with Gasteiger partial charge in [-0.05, 0) is 48.1 Å². The van der Waals surface area contributed by atoms with Crippen LogP contribution >= 0.6 is 11.3 Å². The maximum Gasteiger partial charge on any atom is 0.00830 e. The maximum absolute atomic E-state index is 2.42. The molecule has 1 aromatic heterocycles. The minimum atomic E-state index is 0.426. The number of rotatable bonds is 2. The van der Waals surface area contributed by atoms with Crippen LogP contribution in [0.1, 0.15) is 63.8 Å². The molecule has 0 atom stereocenters. The van der Waals surface area contributed by atoms with Gasteiger partial charge in [-0.1, -0.05) is 40.5 Å². The van der Waals surface area contributed by atoms with Crippen LogP contribution in [0.15, 0.2) is 11.4 Å². The largest absolute Gasteiger partial charge is 0.149 e. The van der Waals surface area contributed by atoms with Gasteiger partial charge >= 0.3 is 0 Å². The first-order valence-corrected chi connectivity index (χ1v) is 8.04. The van der Waals surface area contributed by atoms with Crippen molar-refractivity contribution in [3.05, 3.63) is 21.9 Å². The van der Waals surface area contributed by atoms with E-state index in [1.807, 2.05) is 11.3 Å². The van der Waals surface area contributed by atoms with Gasteiger partial charge in [-0.25, -0.2) is 0 Å². The third-order valence-corrected chi connectivity index (χ3v) is 5.78. The van der Waals surface area contributed by atoms with E-state index in [4.69, 9.17) is 0 Å². The van der Waals surface area contributed by atoms with E-state index in [2.05, 4.69) is 39.1 Å². The van der Waals surface area contributed by atoms with Gasteiger partial charge in [-0.2, -0.15) is 0 Å². The number of aryl methyl sites for hydroxylation is 1. The predicted molar refractivity (Wildman–Crippen MR) is 77.8 cm³/mol. The summed E-state index contributed by atoms with van der Waals surface area (Å²) in [5.41, 5.74) is 2.11. The van der Waals surface area contributed by atoms with Gasteiger partial charge in [-0.15, -0.1) is 11.3 Å². The third-order valence-electron chi connectivity index (χ3n) is 4.80. The summed E-state index contributed by atoms with van der Waals surface area (Å²) in [6.07, 6.45) is 6.91. The molecule has 0 bridgehead atoms. The van der Waals surface area contributed by atoms with Crippen LogP contribution in [0.4, 0.5) is 0 Å². The second-order valence-electron chi connectivity index (χ2n) is 6.17. The quantitative estimate of drug-likeness (QED) is 0.658. The van der Waals surface area contributed by atoms with Crippen molar-refractivity contribution >= 4 is 11.3 Å². The van der Waals surface area contributed by atoms with E-state index < -0.39 is 0 Å². The summed E-state index contributed by atoms with van der Waals surface area (Å²) in [5.74, 6) is 1.49. The van der Waals surface area contributed by atoms with Crippen molar-refractivity contribution in [1.29, 1.82) is 0 Å². The van der Waals surface area contributed by atoms with Crippen LogP contribution in [0.2, 0.25) is 0 Å². The van der Waals surface area contributed by atoms with E-state index in [-0.39, 0.29) is 0 Å². The summed E-state index contributed by atoms with van der Waals surface area (Å²) in [6, 6.07) is 2.42. The average molecular weight is 250 g/mol. The van der Waals surface area contributed by atoms with Crippen LogP contribution < -0.4 is 0 Å². The molecule has 0 amide bonds. The van der Waals surface area contributed by atoms with Crippen LogP contribution in [-0.2, 0) is 11.8 Å². The maximum atomic E-state index is 2.42. The number of hydrogen-bond donors (Lipinski definition) is 0. The van der Waals surface area contributed by atoms with Crippen LogP contribution in [-0.4, -0.2) is 0 Å². The molecule has 0 saturated heterocycles. The Morgan fingerprint density at radius 1 is 1.06 bits per heavy atom. The molecule has 1 aliphatic rings. The van der Waals surface area contributed by atoms with Crippen molar-refractivity contribution in [1.82, 2.24) is 0 Å². The monoisotopic (exact) mass is 250 g/mol. The summed E-state index contributed by atoms with van der Waals surface area (Å²) in [6.45, 7) is 9.68. The summed E-state index contributed by atoms with van der Waals surface area (Å²) >= 11 is 1.99. The molecule has 96 valence electrons. The fourth-order valence-corrected chi connectivity index (χ4v) is 4.85. The van der Waals surface area contributed by atoms with Gasteiger partial charge in [0.25, 0.3) is 0 Å². The van der Waals surface area contributed by atoms with Crippen molar-refractivity contribution in [3.8, 4) is 0 Å². The number of thiophene rings is 1. The highest BCUT2D eigenvalue weighted by atomic mass is 32.1. The Morgan fingerprint density at radius 2 is 1.76 bits per heavy atom. The van der Waals surface area contributed by atoms with E-state index in [1.165, 1.54) is 32.1 Å². The lowest BCUT2D eigenvalue weighted by atomic mass is 9.61. The van der Waals surface area contributed by atoms with E-state index in [9.17, 15) is 0 Å². The molecule has 1 aliphatic carbocycles. The zero-order chi connectivity index (χ0) is 12.5. The Hall–Kier alpha value is -0.300. The van der Waals surface area contributed by atoms with E-state index in [0.717, 1.165) is 11.8 Å². The topological polar surface area (TPSA) is 0 Å². The smallest absolute Gasteiger partial charge is 0.00830 e. The standard InChI is InChI=1S/C16H26S/c1-12(2)16(13(3)4)10-7-5-6-8-15-14(16)9-11-17-15/h9,11-13H,5-8,10H2,1-4H3. The fourth-order valence-electron chi connectivity index (χ4n) is 3.83. The molecule has 1 aromatic rings. The summed E-state index contributed by atoms with van der Waals surface area (Å²) in [7, 11) is 0. The molecule has 0 unspecified atom stereocenters. The van der Waals surface area contributed by atoms with Crippen molar-refractivity contribution in [2.45, 2.75) is 65.2 Å². The van der Waals surface area contributed by atoms with E-state index >= 15 is 0 Å². The van der Waals surface area contributed by atoms with Crippen LogP contribution in [0.25, 0.3) is 0 Å². The van der Waals surface area contributed by atoms with Gasteiger partial charge in [0.2, 0.25) is 0 Å². The second-order valence-corrected chi connectivity index (χ2v) is 7.17. The van der Waals surface area contributed by atoms with Crippen molar-refractivity contribution in [2.75, 3.05) is 0 Å². The summed E-state index contributed by atoms with van der Waals surface area (Å²) in [5, 5.41) is 2.31. The highest BCUT2D eigenvalue weighted by Crippen LogP contribution is 2.47. The molecule has 17 heavy (non-hydrogen) atoms. The summed E-state index contributed by atoms with van der Waals surface area (Å²) in [4.78, 5) is 1.67. The normalized spacial score (nSPS) is 20.1. The van der Waals surface area contributed by atoms with Gasteiger partial charge in [-0.3, -0.25) is 0 Å². The first-order chi connectivity index (χ1) is 8.09. The zero-order valence-electron chi connectivity index (χ0n) is 11.8. The number of fused-ring (bicyclic) bond motifs is 1. The molecule has 2 rings (SSSR count). The van der Waals surface area contributed by atoms with Gasteiger partial charge in [0.1, 0.15) is 0 Å². The Bertz CT molecular complexity index is 351.